The molecule has 0 atom stereocenters. The zero-order valence-corrected chi connectivity index (χ0v) is 19.4. The van der Waals surface area contributed by atoms with Crippen molar-refractivity contribution in [3.05, 3.63) is 34.6 Å². The lowest BCUT2D eigenvalue weighted by Crippen LogP contribution is -2.29. The number of rotatable bonds is 8. The summed E-state index contributed by atoms with van der Waals surface area (Å²) in [4.78, 5) is 21.0. The van der Waals surface area contributed by atoms with Crippen molar-refractivity contribution >= 4 is 50.5 Å². The van der Waals surface area contributed by atoms with Gasteiger partial charge in [0, 0.05) is 11.7 Å². The topological polar surface area (TPSA) is 159 Å². The fraction of sp³-hybridized carbons (Fsp3) is 0.450. The molecule has 32 heavy (non-hydrogen) atoms. The van der Waals surface area contributed by atoms with Crippen molar-refractivity contribution < 1.29 is 18.3 Å². The molecule has 0 spiro atoms. The molecule has 0 aliphatic heterocycles. The molecule has 1 amide bonds. The third kappa shape index (κ3) is 6.21. The van der Waals surface area contributed by atoms with Gasteiger partial charge < -0.3 is 21.5 Å². The Kier molecular flexibility index (Phi) is 7.42. The number of amides is 1. The van der Waals surface area contributed by atoms with Crippen LogP contribution in [0.15, 0.2) is 18.2 Å². The molecule has 2 aromatic rings. The fourth-order valence-electron chi connectivity index (χ4n) is 3.52. The molecule has 1 aromatic carbocycles. The fourth-order valence-corrected chi connectivity index (χ4v) is 4.38. The van der Waals surface area contributed by atoms with Gasteiger partial charge in [-0.15, -0.1) is 0 Å². The number of halogens is 1. The number of primary amides is 1. The molecule has 1 aliphatic carbocycles. The number of nitrogens with one attached hydrogen (secondary N) is 3. The number of carbonyl (C=O) groups excluding carboxylic acids is 1. The molecule has 12 heteroatoms. The van der Waals surface area contributed by atoms with Gasteiger partial charge >= 0.3 is 0 Å². The van der Waals surface area contributed by atoms with E-state index in [9.17, 15) is 18.3 Å². The maximum atomic E-state index is 12.0. The minimum Gasteiger partial charge on any atom is -0.393 e. The number of aromatic nitrogens is 2. The molecule has 0 unspecified atom stereocenters. The van der Waals surface area contributed by atoms with Crippen molar-refractivity contribution in [2.75, 3.05) is 21.6 Å². The average molecular weight is 483 g/mol. The number of hydrogen-bond donors (Lipinski definition) is 5. The van der Waals surface area contributed by atoms with Crippen molar-refractivity contribution in [1.82, 2.24) is 9.97 Å². The van der Waals surface area contributed by atoms with Gasteiger partial charge in [0.15, 0.2) is 11.5 Å². The van der Waals surface area contributed by atoms with Crippen LogP contribution in [0.3, 0.4) is 0 Å². The quantitative estimate of drug-likeness (QED) is 0.383. The number of benzene rings is 1. The van der Waals surface area contributed by atoms with E-state index in [1.165, 1.54) is 12.1 Å². The van der Waals surface area contributed by atoms with E-state index in [2.05, 4.69) is 25.3 Å². The maximum Gasteiger partial charge on any atom is 0.271 e. The zero-order valence-electron chi connectivity index (χ0n) is 17.9. The largest absolute Gasteiger partial charge is 0.393 e. The summed E-state index contributed by atoms with van der Waals surface area (Å²) in [6, 6.07) is 4.73. The number of sulfonamides is 1. The summed E-state index contributed by atoms with van der Waals surface area (Å²) >= 11 is 6.20. The minimum atomic E-state index is -3.48. The standard InChI is InChI=1S/C20H27ClN6O4S/c1-3-15-19(23-11-4-7-13(28)8-5-11)26-20(17(25-15)18(22)29)24-12-6-9-16(14(21)10-12)27-32(2,30)31/h6,9-11,13,27-28H,3-5,7-8H2,1-2H3,(H2,22,29)(H2,23,24,26). The van der Waals surface area contributed by atoms with Crippen LogP contribution >= 0.6 is 11.6 Å². The summed E-state index contributed by atoms with van der Waals surface area (Å²) in [6.07, 6.45) is 4.33. The van der Waals surface area contributed by atoms with Crippen LogP contribution in [-0.4, -0.2) is 47.8 Å². The number of anilines is 4. The summed E-state index contributed by atoms with van der Waals surface area (Å²) in [5.74, 6) is -0.0284. The van der Waals surface area contributed by atoms with Gasteiger partial charge in [-0.1, -0.05) is 18.5 Å². The van der Waals surface area contributed by atoms with Crippen molar-refractivity contribution in [3.8, 4) is 0 Å². The van der Waals surface area contributed by atoms with Crippen molar-refractivity contribution in [3.63, 3.8) is 0 Å². The third-order valence-electron chi connectivity index (χ3n) is 5.10. The second-order valence-corrected chi connectivity index (χ2v) is 9.93. The van der Waals surface area contributed by atoms with E-state index in [0.29, 0.717) is 36.5 Å². The smallest absolute Gasteiger partial charge is 0.271 e. The van der Waals surface area contributed by atoms with Crippen LogP contribution in [0.4, 0.5) is 23.0 Å². The Morgan fingerprint density at radius 3 is 2.47 bits per heavy atom. The molecular weight excluding hydrogens is 456 g/mol. The van der Waals surface area contributed by atoms with Crippen LogP contribution in [0.25, 0.3) is 0 Å². The van der Waals surface area contributed by atoms with Gasteiger partial charge in [0.1, 0.15) is 5.82 Å². The second kappa shape index (κ2) is 9.88. The second-order valence-electron chi connectivity index (χ2n) is 7.78. The van der Waals surface area contributed by atoms with Crippen LogP contribution < -0.4 is 21.1 Å². The van der Waals surface area contributed by atoms with E-state index < -0.39 is 15.9 Å². The highest BCUT2D eigenvalue weighted by atomic mass is 35.5. The number of hydrogen-bond acceptors (Lipinski definition) is 8. The Labute approximate surface area is 192 Å². The average Bonchev–Trinajstić information content (AvgIpc) is 2.71. The van der Waals surface area contributed by atoms with E-state index in [4.69, 9.17) is 17.3 Å². The van der Waals surface area contributed by atoms with E-state index in [-0.39, 0.29) is 34.4 Å². The molecule has 1 aromatic heterocycles. The minimum absolute atomic E-state index is 0.0130. The maximum absolute atomic E-state index is 12.0. The monoisotopic (exact) mass is 482 g/mol. The van der Waals surface area contributed by atoms with Crippen LogP contribution in [0.2, 0.25) is 5.02 Å². The number of aliphatic hydroxyl groups excluding tert-OH is 1. The number of aliphatic hydroxyl groups is 1. The molecule has 174 valence electrons. The van der Waals surface area contributed by atoms with Gasteiger partial charge in [-0.3, -0.25) is 9.52 Å². The van der Waals surface area contributed by atoms with Crippen molar-refractivity contribution in [2.24, 2.45) is 5.73 Å². The lowest BCUT2D eigenvalue weighted by molar-refractivity contribution is 0.0996. The first-order valence-corrected chi connectivity index (χ1v) is 12.5. The van der Waals surface area contributed by atoms with Gasteiger partial charge in [-0.05, 0) is 50.3 Å². The van der Waals surface area contributed by atoms with Crippen LogP contribution in [0.5, 0.6) is 0 Å². The van der Waals surface area contributed by atoms with Crippen molar-refractivity contribution in [1.29, 1.82) is 0 Å². The van der Waals surface area contributed by atoms with Crippen LogP contribution in [0.1, 0.15) is 48.8 Å². The highest BCUT2D eigenvalue weighted by molar-refractivity contribution is 7.92. The van der Waals surface area contributed by atoms with E-state index in [0.717, 1.165) is 19.1 Å². The molecule has 1 fully saturated rings. The Morgan fingerprint density at radius 1 is 1.22 bits per heavy atom. The van der Waals surface area contributed by atoms with Gasteiger partial charge in [0.25, 0.3) is 5.91 Å². The summed E-state index contributed by atoms with van der Waals surface area (Å²) in [5.41, 5.74) is 6.83. The van der Waals surface area contributed by atoms with Gasteiger partial charge in [0.05, 0.1) is 28.8 Å². The molecule has 0 saturated heterocycles. The SMILES string of the molecule is CCc1nc(C(N)=O)c(Nc2ccc(NS(C)(=O)=O)c(Cl)c2)nc1NC1CCC(O)CC1. The molecule has 1 aliphatic rings. The highest BCUT2D eigenvalue weighted by Crippen LogP contribution is 2.30. The summed E-state index contributed by atoms with van der Waals surface area (Å²) < 4.78 is 25.2. The van der Waals surface area contributed by atoms with Crippen LogP contribution in [0, 0.1) is 0 Å². The normalized spacial score (nSPS) is 18.8. The summed E-state index contributed by atoms with van der Waals surface area (Å²) in [7, 11) is -3.48. The van der Waals surface area contributed by atoms with E-state index >= 15 is 0 Å². The summed E-state index contributed by atoms with van der Waals surface area (Å²) in [5, 5.41) is 16.3. The molecule has 3 rings (SSSR count). The molecule has 10 nitrogen and oxygen atoms in total. The van der Waals surface area contributed by atoms with Crippen LogP contribution in [-0.2, 0) is 16.4 Å². The van der Waals surface area contributed by atoms with Crippen molar-refractivity contribution in [2.45, 2.75) is 51.2 Å². The Hall–Kier alpha value is -2.63. The molecule has 1 heterocycles. The molecule has 0 bridgehead atoms. The molecule has 1 saturated carbocycles. The van der Waals surface area contributed by atoms with Gasteiger partial charge in [-0.2, -0.15) is 0 Å². The lowest BCUT2D eigenvalue weighted by atomic mass is 9.93. The van der Waals surface area contributed by atoms with Gasteiger partial charge in [0.2, 0.25) is 10.0 Å². The zero-order chi connectivity index (χ0) is 23.5. The number of carbonyl (C=O) groups is 1. The third-order valence-corrected chi connectivity index (χ3v) is 6.00. The van der Waals surface area contributed by atoms with Gasteiger partial charge in [-0.25, -0.2) is 18.4 Å². The summed E-state index contributed by atoms with van der Waals surface area (Å²) in [6.45, 7) is 1.91. The Bertz CT molecular complexity index is 1100. The molecular formula is C20H27ClN6O4S. The Morgan fingerprint density at radius 2 is 1.91 bits per heavy atom. The first-order valence-electron chi connectivity index (χ1n) is 10.3. The first kappa shape index (κ1) is 24.0. The predicted octanol–water partition coefficient (Wildman–Crippen LogP) is 2.62. The van der Waals surface area contributed by atoms with E-state index in [1.54, 1.807) is 6.07 Å². The number of nitrogens with zero attached hydrogens (tertiary/aromatic N) is 2. The van der Waals surface area contributed by atoms with E-state index in [1.807, 2.05) is 6.92 Å². The molecule has 0 radical (unpaired) electrons. The molecule has 6 N–H and O–H groups in total. The Balaban J connectivity index is 1.90. The highest BCUT2D eigenvalue weighted by Gasteiger charge is 2.23. The predicted molar refractivity (Wildman–Crippen MR) is 125 cm³/mol. The number of nitrogens with two attached hydrogens (primary N) is 1. The number of aryl methyl sites for hydroxylation is 1. The first-order chi connectivity index (χ1) is 15.1. The lowest BCUT2D eigenvalue weighted by Gasteiger charge is -2.27.